The maximum atomic E-state index is 10.6. The minimum atomic E-state index is 0.592. The number of rotatable bonds is 3. The van der Waals surface area contributed by atoms with Gasteiger partial charge in [-0.25, -0.2) is 0 Å². The van der Waals surface area contributed by atoms with Crippen LogP contribution in [0.3, 0.4) is 0 Å². The van der Waals surface area contributed by atoms with Gasteiger partial charge in [0.1, 0.15) is 5.75 Å². The lowest BCUT2D eigenvalue weighted by atomic mass is 10.1. The Kier molecular flexibility index (Phi) is 3.29. The summed E-state index contributed by atoms with van der Waals surface area (Å²) >= 11 is 3.31. The molecule has 0 radical (unpaired) electrons. The standard InChI is InChI=1S/C9H9BrO2/c1-12-9-3-2-7(5-10)4-8(9)6-11/h2-4,6H,5H2,1H3. The van der Waals surface area contributed by atoms with Crippen molar-refractivity contribution < 1.29 is 9.53 Å². The van der Waals surface area contributed by atoms with Crippen LogP contribution < -0.4 is 4.74 Å². The Labute approximate surface area is 79.7 Å². The average Bonchev–Trinajstić information content (AvgIpc) is 2.16. The van der Waals surface area contributed by atoms with Crippen LogP contribution in [0.4, 0.5) is 0 Å². The molecule has 0 amide bonds. The van der Waals surface area contributed by atoms with Crippen molar-refractivity contribution in [3.05, 3.63) is 29.3 Å². The smallest absolute Gasteiger partial charge is 0.153 e. The van der Waals surface area contributed by atoms with Crippen LogP contribution in [-0.4, -0.2) is 13.4 Å². The molecule has 0 saturated heterocycles. The van der Waals surface area contributed by atoms with Gasteiger partial charge in [-0.1, -0.05) is 22.0 Å². The first-order valence-electron chi connectivity index (χ1n) is 3.50. The lowest BCUT2D eigenvalue weighted by Crippen LogP contribution is -1.91. The van der Waals surface area contributed by atoms with Crippen molar-refractivity contribution in [3.63, 3.8) is 0 Å². The molecule has 1 aromatic rings. The minimum absolute atomic E-state index is 0.592. The predicted molar refractivity (Wildman–Crippen MR) is 51.0 cm³/mol. The second-order valence-electron chi connectivity index (χ2n) is 2.33. The van der Waals surface area contributed by atoms with Crippen molar-refractivity contribution in [3.8, 4) is 5.75 Å². The summed E-state index contributed by atoms with van der Waals surface area (Å²) in [5, 5.41) is 0.748. The monoisotopic (exact) mass is 228 g/mol. The molecule has 0 unspecified atom stereocenters. The first-order chi connectivity index (χ1) is 5.81. The third-order valence-electron chi connectivity index (χ3n) is 1.58. The second-order valence-corrected chi connectivity index (χ2v) is 2.89. The molecule has 0 spiro atoms. The largest absolute Gasteiger partial charge is 0.496 e. The number of alkyl halides is 1. The molecule has 0 aliphatic rings. The van der Waals surface area contributed by atoms with E-state index < -0.39 is 0 Å². The summed E-state index contributed by atoms with van der Waals surface area (Å²) in [4.78, 5) is 10.6. The summed E-state index contributed by atoms with van der Waals surface area (Å²) in [5.41, 5.74) is 1.66. The number of halogens is 1. The molecule has 3 heteroatoms. The van der Waals surface area contributed by atoms with E-state index in [4.69, 9.17) is 4.74 Å². The topological polar surface area (TPSA) is 26.3 Å². The molecule has 0 aliphatic carbocycles. The Hall–Kier alpha value is -0.830. The van der Waals surface area contributed by atoms with Crippen molar-refractivity contribution in [1.82, 2.24) is 0 Å². The molecule has 12 heavy (non-hydrogen) atoms. The lowest BCUT2D eigenvalue weighted by Gasteiger charge is -2.03. The van der Waals surface area contributed by atoms with Crippen molar-refractivity contribution >= 4 is 22.2 Å². The number of carbonyl (C=O) groups is 1. The maximum absolute atomic E-state index is 10.6. The number of hydrogen-bond donors (Lipinski definition) is 0. The first kappa shape index (κ1) is 9.26. The van der Waals surface area contributed by atoms with Gasteiger partial charge in [-0.2, -0.15) is 0 Å². The molecule has 1 rings (SSSR count). The molecule has 0 N–H and O–H groups in total. The van der Waals surface area contributed by atoms with E-state index in [2.05, 4.69) is 15.9 Å². The van der Waals surface area contributed by atoms with E-state index >= 15 is 0 Å². The average molecular weight is 229 g/mol. The normalized spacial score (nSPS) is 9.50. The van der Waals surface area contributed by atoms with Gasteiger partial charge in [-0.05, 0) is 17.7 Å². The van der Waals surface area contributed by atoms with Crippen molar-refractivity contribution in [2.24, 2.45) is 0 Å². The fraction of sp³-hybridized carbons (Fsp3) is 0.222. The van der Waals surface area contributed by atoms with Crippen LogP contribution in [0, 0.1) is 0 Å². The Bertz CT molecular complexity index is 284. The summed E-state index contributed by atoms with van der Waals surface area (Å²) in [6.07, 6.45) is 0.797. The molecule has 0 aliphatic heterocycles. The van der Waals surface area contributed by atoms with Crippen molar-refractivity contribution in [1.29, 1.82) is 0 Å². The third-order valence-corrected chi connectivity index (χ3v) is 2.22. The summed E-state index contributed by atoms with van der Waals surface area (Å²) in [7, 11) is 1.55. The maximum Gasteiger partial charge on any atom is 0.153 e. The van der Waals surface area contributed by atoms with E-state index in [-0.39, 0.29) is 0 Å². The lowest BCUT2D eigenvalue weighted by molar-refractivity contribution is 0.112. The van der Waals surface area contributed by atoms with Crippen LogP contribution in [0.15, 0.2) is 18.2 Å². The number of carbonyl (C=O) groups excluding carboxylic acids is 1. The summed E-state index contributed by atoms with van der Waals surface area (Å²) < 4.78 is 4.99. The van der Waals surface area contributed by atoms with Gasteiger partial charge in [-0.3, -0.25) is 4.79 Å². The molecule has 64 valence electrons. The second kappa shape index (κ2) is 4.26. The quantitative estimate of drug-likeness (QED) is 0.587. The Morgan fingerprint density at radius 3 is 2.83 bits per heavy atom. The molecular formula is C9H9BrO2. The number of aldehydes is 1. The zero-order chi connectivity index (χ0) is 8.97. The molecule has 0 saturated carbocycles. The molecular weight excluding hydrogens is 220 g/mol. The Morgan fingerprint density at radius 1 is 1.58 bits per heavy atom. The van der Waals surface area contributed by atoms with Gasteiger partial charge in [-0.15, -0.1) is 0 Å². The molecule has 0 fully saturated rings. The first-order valence-corrected chi connectivity index (χ1v) is 4.62. The summed E-state index contributed by atoms with van der Waals surface area (Å²) in [5.74, 6) is 0.620. The Morgan fingerprint density at radius 2 is 2.33 bits per heavy atom. The van der Waals surface area contributed by atoms with E-state index in [1.54, 1.807) is 19.2 Å². The molecule has 0 heterocycles. The summed E-state index contributed by atoms with van der Waals surface area (Å²) in [6, 6.07) is 5.52. The van der Waals surface area contributed by atoms with Gasteiger partial charge in [0.05, 0.1) is 12.7 Å². The van der Waals surface area contributed by atoms with Crippen LogP contribution >= 0.6 is 15.9 Å². The van der Waals surface area contributed by atoms with Gasteiger partial charge >= 0.3 is 0 Å². The summed E-state index contributed by atoms with van der Waals surface area (Å²) in [6.45, 7) is 0. The van der Waals surface area contributed by atoms with E-state index in [0.29, 0.717) is 11.3 Å². The number of benzene rings is 1. The molecule has 2 nitrogen and oxygen atoms in total. The van der Waals surface area contributed by atoms with Crippen LogP contribution in [0.2, 0.25) is 0 Å². The van der Waals surface area contributed by atoms with E-state index in [9.17, 15) is 4.79 Å². The van der Waals surface area contributed by atoms with Gasteiger partial charge in [0.25, 0.3) is 0 Å². The van der Waals surface area contributed by atoms with Gasteiger partial charge < -0.3 is 4.74 Å². The van der Waals surface area contributed by atoms with E-state index in [1.165, 1.54) is 0 Å². The number of ether oxygens (including phenoxy) is 1. The third kappa shape index (κ3) is 1.85. The zero-order valence-electron chi connectivity index (χ0n) is 6.71. The fourth-order valence-corrected chi connectivity index (χ4v) is 1.31. The predicted octanol–water partition coefficient (Wildman–Crippen LogP) is 2.40. The number of hydrogen-bond acceptors (Lipinski definition) is 2. The zero-order valence-corrected chi connectivity index (χ0v) is 8.30. The van der Waals surface area contributed by atoms with E-state index in [1.807, 2.05) is 6.07 Å². The van der Waals surface area contributed by atoms with Crippen molar-refractivity contribution in [2.45, 2.75) is 5.33 Å². The number of methoxy groups -OCH3 is 1. The molecule has 0 bridgehead atoms. The van der Waals surface area contributed by atoms with Crippen LogP contribution in [-0.2, 0) is 5.33 Å². The highest BCUT2D eigenvalue weighted by Gasteiger charge is 2.01. The van der Waals surface area contributed by atoms with Crippen LogP contribution in [0.5, 0.6) is 5.75 Å². The highest BCUT2D eigenvalue weighted by atomic mass is 79.9. The molecule has 0 aromatic heterocycles. The van der Waals surface area contributed by atoms with Crippen molar-refractivity contribution in [2.75, 3.05) is 7.11 Å². The highest BCUT2D eigenvalue weighted by molar-refractivity contribution is 9.08. The molecule has 0 atom stereocenters. The van der Waals surface area contributed by atoms with E-state index in [0.717, 1.165) is 17.2 Å². The minimum Gasteiger partial charge on any atom is -0.496 e. The SMILES string of the molecule is COc1ccc(CBr)cc1C=O. The van der Waals surface area contributed by atoms with Gasteiger partial charge in [0, 0.05) is 5.33 Å². The van der Waals surface area contributed by atoms with Crippen LogP contribution in [0.1, 0.15) is 15.9 Å². The Balaban J connectivity index is 3.10. The fourth-order valence-electron chi connectivity index (χ4n) is 0.959. The van der Waals surface area contributed by atoms with Gasteiger partial charge in [0.15, 0.2) is 6.29 Å². The van der Waals surface area contributed by atoms with Crippen LogP contribution in [0.25, 0.3) is 0 Å². The highest BCUT2D eigenvalue weighted by Crippen LogP contribution is 2.18. The van der Waals surface area contributed by atoms with Gasteiger partial charge in [0.2, 0.25) is 0 Å². The molecule has 1 aromatic carbocycles.